The van der Waals surface area contributed by atoms with Crippen LogP contribution < -0.4 is 5.32 Å². The molecule has 0 fully saturated rings. The molecule has 1 amide bonds. The Morgan fingerprint density at radius 3 is 2.81 bits per heavy atom. The molecule has 0 saturated carbocycles. The van der Waals surface area contributed by atoms with E-state index in [9.17, 15) is 9.59 Å². The van der Waals surface area contributed by atoms with Gasteiger partial charge in [-0.15, -0.1) is 0 Å². The number of carboxylic acids is 1. The van der Waals surface area contributed by atoms with Crippen molar-refractivity contribution in [2.45, 2.75) is 19.8 Å². The van der Waals surface area contributed by atoms with Crippen molar-refractivity contribution >= 4 is 11.9 Å². The molecule has 0 saturated heterocycles. The summed E-state index contributed by atoms with van der Waals surface area (Å²) in [6.45, 7) is 2.32. The van der Waals surface area contributed by atoms with Gasteiger partial charge in [0.15, 0.2) is 0 Å². The van der Waals surface area contributed by atoms with E-state index in [1.807, 2.05) is 0 Å². The Labute approximate surface area is 122 Å². The Morgan fingerprint density at radius 2 is 2.19 bits per heavy atom. The highest BCUT2D eigenvalue weighted by Gasteiger charge is 2.09. The number of aromatic nitrogens is 2. The van der Waals surface area contributed by atoms with Crippen LogP contribution >= 0.6 is 0 Å². The molecular weight excluding hydrogens is 270 g/mol. The number of carbonyl (C=O) groups excluding carboxylic acids is 1. The summed E-state index contributed by atoms with van der Waals surface area (Å²) in [5.74, 6) is -0.224. The minimum Gasteiger partial charge on any atom is -0.478 e. The Kier molecular flexibility index (Phi) is 4.71. The summed E-state index contributed by atoms with van der Waals surface area (Å²) in [6, 6.07) is 4.78. The lowest BCUT2D eigenvalue weighted by Gasteiger charge is -2.08. The van der Waals surface area contributed by atoms with Gasteiger partial charge in [-0.05, 0) is 30.2 Å². The molecule has 110 valence electrons. The number of aromatic carboxylic acids is 1. The third kappa shape index (κ3) is 4.17. The highest BCUT2D eigenvalue weighted by Crippen LogP contribution is 2.12. The number of rotatable bonds is 6. The van der Waals surface area contributed by atoms with Gasteiger partial charge < -0.3 is 15.4 Å². The zero-order chi connectivity index (χ0) is 15.2. The van der Waals surface area contributed by atoms with Crippen molar-refractivity contribution in [2.75, 3.05) is 6.54 Å². The molecule has 21 heavy (non-hydrogen) atoms. The smallest absolute Gasteiger partial charge is 0.335 e. The van der Waals surface area contributed by atoms with Crippen molar-refractivity contribution in [3.05, 3.63) is 53.1 Å². The van der Waals surface area contributed by atoms with E-state index >= 15 is 0 Å². The van der Waals surface area contributed by atoms with Crippen LogP contribution in [0.4, 0.5) is 0 Å². The van der Waals surface area contributed by atoms with E-state index in [2.05, 4.69) is 15.3 Å². The molecule has 6 nitrogen and oxygen atoms in total. The molecule has 1 heterocycles. The van der Waals surface area contributed by atoms with Gasteiger partial charge in [-0.1, -0.05) is 6.07 Å². The Balaban J connectivity index is 1.86. The van der Waals surface area contributed by atoms with Crippen LogP contribution in [0.1, 0.15) is 27.3 Å². The average molecular weight is 287 g/mol. The number of carboxylic acid groups (broad SMARTS) is 1. The number of hydrogen-bond acceptors (Lipinski definition) is 3. The monoisotopic (exact) mass is 287 g/mol. The van der Waals surface area contributed by atoms with Gasteiger partial charge in [0.2, 0.25) is 5.91 Å². The van der Waals surface area contributed by atoms with Gasteiger partial charge in [-0.25, -0.2) is 9.78 Å². The fourth-order valence-electron chi connectivity index (χ4n) is 2.02. The quantitative estimate of drug-likeness (QED) is 0.746. The van der Waals surface area contributed by atoms with E-state index in [4.69, 9.17) is 5.11 Å². The first-order valence-corrected chi connectivity index (χ1v) is 6.64. The van der Waals surface area contributed by atoms with Crippen LogP contribution in [0.2, 0.25) is 0 Å². The van der Waals surface area contributed by atoms with Gasteiger partial charge in [0, 0.05) is 25.4 Å². The number of hydrogen-bond donors (Lipinski definition) is 3. The van der Waals surface area contributed by atoms with Crippen molar-refractivity contribution in [1.29, 1.82) is 0 Å². The Hall–Kier alpha value is -2.63. The molecule has 0 aliphatic carbocycles. The highest BCUT2D eigenvalue weighted by molar-refractivity contribution is 5.88. The fraction of sp³-hybridized carbons (Fsp3) is 0.267. The molecule has 0 aliphatic rings. The van der Waals surface area contributed by atoms with Crippen molar-refractivity contribution in [3.63, 3.8) is 0 Å². The topological polar surface area (TPSA) is 95.1 Å². The molecule has 0 unspecified atom stereocenters. The lowest BCUT2D eigenvalue weighted by molar-refractivity contribution is -0.120. The van der Waals surface area contributed by atoms with Crippen LogP contribution in [0, 0.1) is 6.92 Å². The zero-order valence-electron chi connectivity index (χ0n) is 11.7. The molecule has 0 bridgehead atoms. The molecule has 3 N–H and O–H groups in total. The number of amides is 1. The number of H-pyrrole nitrogens is 1. The fourth-order valence-corrected chi connectivity index (χ4v) is 2.02. The van der Waals surface area contributed by atoms with Crippen molar-refractivity contribution in [1.82, 2.24) is 15.3 Å². The first-order valence-electron chi connectivity index (χ1n) is 6.64. The Morgan fingerprint density at radius 1 is 1.38 bits per heavy atom. The summed E-state index contributed by atoms with van der Waals surface area (Å²) in [6.07, 6.45) is 4.30. The first-order chi connectivity index (χ1) is 10.1. The number of carbonyl (C=O) groups is 2. The molecule has 6 heteroatoms. The number of aromatic amines is 1. The van der Waals surface area contributed by atoms with Crippen molar-refractivity contribution in [3.8, 4) is 0 Å². The largest absolute Gasteiger partial charge is 0.478 e. The number of aryl methyl sites for hydroxylation is 1. The predicted octanol–water partition coefficient (Wildman–Crippen LogP) is 1.32. The minimum atomic E-state index is -0.965. The zero-order valence-corrected chi connectivity index (χ0v) is 11.7. The van der Waals surface area contributed by atoms with E-state index in [0.29, 0.717) is 13.0 Å². The highest BCUT2D eigenvalue weighted by atomic mass is 16.4. The Bertz CT molecular complexity index is 636. The molecule has 1 aromatic carbocycles. The van der Waals surface area contributed by atoms with E-state index in [1.54, 1.807) is 31.5 Å². The van der Waals surface area contributed by atoms with Crippen LogP contribution in [0.5, 0.6) is 0 Å². The predicted molar refractivity (Wildman–Crippen MR) is 77.1 cm³/mol. The number of benzene rings is 1. The molecule has 0 aliphatic heterocycles. The van der Waals surface area contributed by atoms with E-state index in [-0.39, 0.29) is 17.9 Å². The van der Waals surface area contributed by atoms with Gasteiger partial charge in [-0.3, -0.25) is 4.79 Å². The third-order valence-corrected chi connectivity index (χ3v) is 3.18. The lowest BCUT2D eigenvalue weighted by atomic mass is 10.0. The third-order valence-electron chi connectivity index (χ3n) is 3.18. The SMILES string of the molecule is Cc1cc(C(=O)O)ccc1CC(=O)NCCc1ncc[nH]1. The number of nitrogens with zero attached hydrogens (tertiary/aromatic N) is 1. The molecule has 0 radical (unpaired) electrons. The summed E-state index contributed by atoms with van der Waals surface area (Å²) >= 11 is 0. The van der Waals surface area contributed by atoms with Crippen LogP contribution in [-0.2, 0) is 17.6 Å². The summed E-state index contributed by atoms with van der Waals surface area (Å²) in [5, 5.41) is 11.7. The molecule has 2 rings (SSSR count). The molecule has 1 aromatic heterocycles. The second-order valence-corrected chi connectivity index (χ2v) is 4.76. The maximum absolute atomic E-state index is 11.9. The lowest BCUT2D eigenvalue weighted by Crippen LogP contribution is -2.27. The van der Waals surface area contributed by atoms with Crippen molar-refractivity contribution in [2.24, 2.45) is 0 Å². The van der Waals surface area contributed by atoms with Gasteiger partial charge in [0.1, 0.15) is 5.82 Å². The summed E-state index contributed by atoms with van der Waals surface area (Å²) in [4.78, 5) is 29.7. The van der Waals surface area contributed by atoms with Gasteiger partial charge in [0.05, 0.1) is 12.0 Å². The molecular formula is C15H17N3O3. The molecule has 0 atom stereocenters. The second-order valence-electron chi connectivity index (χ2n) is 4.76. The average Bonchev–Trinajstić information content (AvgIpc) is 2.94. The summed E-state index contributed by atoms with van der Waals surface area (Å²) in [7, 11) is 0. The first kappa shape index (κ1) is 14.8. The maximum atomic E-state index is 11.9. The van der Waals surface area contributed by atoms with Crippen LogP contribution in [0.15, 0.2) is 30.6 Å². The molecule has 0 spiro atoms. The summed E-state index contributed by atoms with van der Waals surface area (Å²) < 4.78 is 0. The van der Waals surface area contributed by atoms with E-state index in [1.165, 1.54) is 6.07 Å². The minimum absolute atomic E-state index is 0.0901. The normalized spacial score (nSPS) is 10.3. The van der Waals surface area contributed by atoms with E-state index < -0.39 is 5.97 Å². The second kappa shape index (κ2) is 6.69. The maximum Gasteiger partial charge on any atom is 0.335 e. The molecule has 2 aromatic rings. The summed E-state index contributed by atoms with van der Waals surface area (Å²) in [5.41, 5.74) is 1.86. The van der Waals surface area contributed by atoms with Gasteiger partial charge >= 0.3 is 5.97 Å². The number of nitrogens with one attached hydrogen (secondary N) is 2. The van der Waals surface area contributed by atoms with Crippen LogP contribution in [-0.4, -0.2) is 33.5 Å². The van der Waals surface area contributed by atoms with Crippen LogP contribution in [0.25, 0.3) is 0 Å². The van der Waals surface area contributed by atoms with Crippen LogP contribution in [0.3, 0.4) is 0 Å². The standard InChI is InChI=1S/C15H17N3O3/c1-10-8-12(15(20)21)3-2-11(10)9-14(19)18-5-4-13-16-6-7-17-13/h2-3,6-8H,4-5,9H2,1H3,(H,16,17)(H,18,19)(H,20,21). The van der Waals surface area contributed by atoms with Gasteiger partial charge in [0.25, 0.3) is 0 Å². The van der Waals surface area contributed by atoms with Crippen molar-refractivity contribution < 1.29 is 14.7 Å². The van der Waals surface area contributed by atoms with E-state index in [0.717, 1.165) is 17.0 Å². The van der Waals surface area contributed by atoms with Gasteiger partial charge in [-0.2, -0.15) is 0 Å². The number of imidazole rings is 1.